The average molecular weight is 330 g/mol. The van der Waals surface area contributed by atoms with Gasteiger partial charge in [-0.25, -0.2) is 0 Å². The first-order chi connectivity index (χ1) is 11.2. The molecular formula is C20H30N2O2. The Balaban J connectivity index is 2.14. The van der Waals surface area contributed by atoms with Crippen molar-refractivity contribution in [3.05, 3.63) is 41.2 Å². The minimum atomic E-state index is -0.125. The summed E-state index contributed by atoms with van der Waals surface area (Å²) in [5.41, 5.74) is 3.40. The van der Waals surface area contributed by atoms with Gasteiger partial charge in [0.05, 0.1) is 19.4 Å². The van der Waals surface area contributed by atoms with E-state index in [2.05, 4.69) is 51.1 Å². The summed E-state index contributed by atoms with van der Waals surface area (Å²) in [6.07, 6.45) is 3.11. The van der Waals surface area contributed by atoms with Crippen molar-refractivity contribution in [2.45, 2.75) is 46.5 Å². The zero-order valence-corrected chi connectivity index (χ0v) is 16.0. The Labute approximate surface area is 145 Å². The van der Waals surface area contributed by atoms with Crippen LogP contribution in [0.2, 0.25) is 0 Å². The first-order valence-corrected chi connectivity index (χ1v) is 8.53. The second-order valence-corrected chi connectivity index (χ2v) is 7.56. The van der Waals surface area contributed by atoms with Crippen LogP contribution in [0.4, 0.5) is 0 Å². The van der Waals surface area contributed by atoms with Gasteiger partial charge in [-0.05, 0) is 37.0 Å². The summed E-state index contributed by atoms with van der Waals surface area (Å²) < 4.78 is 13.5. The molecule has 4 heteroatoms. The molecule has 0 N–H and O–H groups in total. The standard InChI is InChI=1S/C20H30N2O2/c1-14(2)10-16-8-9-18(19(11-16)23-7)24-13-20(4,5)17-12-22(6)21-15(17)3/h8-9,11-12,14H,10,13H2,1-7H3. The highest BCUT2D eigenvalue weighted by atomic mass is 16.5. The quantitative estimate of drug-likeness (QED) is 0.760. The topological polar surface area (TPSA) is 36.3 Å². The summed E-state index contributed by atoms with van der Waals surface area (Å²) in [5, 5.41) is 4.44. The molecule has 0 atom stereocenters. The van der Waals surface area contributed by atoms with Gasteiger partial charge in [-0.2, -0.15) is 5.10 Å². The number of nitrogens with zero attached hydrogens (tertiary/aromatic N) is 2. The summed E-state index contributed by atoms with van der Waals surface area (Å²) in [5.74, 6) is 2.21. The number of hydrogen-bond donors (Lipinski definition) is 0. The smallest absolute Gasteiger partial charge is 0.161 e. The number of methoxy groups -OCH3 is 1. The SMILES string of the molecule is COc1cc(CC(C)C)ccc1OCC(C)(C)c1cn(C)nc1C. The van der Waals surface area contributed by atoms with Crippen molar-refractivity contribution in [3.8, 4) is 11.5 Å². The minimum Gasteiger partial charge on any atom is -0.493 e. The molecule has 0 aliphatic heterocycles. The van der Waals surface area contributed by atoms with Crippen LogP contribution in [-0.2, 0) is 18.9 Å². The number of aryl methyl sites for hydroxylation is 2. The highest BCUT2D eigenvalue weighted by molar-refractivity contribution is 5.43. The summed E-state index contributed by atoms with van der Waals surface area (Å²) in [6.45, 7) is 11.4. The Morgan fingerprint density at radius 1 is 1.21 bits per heavy atom. The molecule has 0 aliphatic carbocycles. The molecule has 0 aliphatic rings. The van der Waals surface area contributed by atoms with Crippen LogP contribution < -0.4 is 9.47 Å². The fourth-order valence-electron chi connectivity index (χ4n) is 3.03. The van der Waals surface area contributed by atoms with Crippen LogP contribution in [0.5, 0.6) is 11.5 Å². The molecule has 0 fully saturated rings. The summed E-state index contributed by atoms with van der Waals surface area (Å²) in [4.78, 5) is 0. The van der Waals surface area contributed by atoms with E-state index >= 15 is 0 Å². The van der Waals surface area contributed by atoms with Crippen molar-refractivity contribution in [3.63, 3.8) is 0 Å². The Bertz CT molecular complexity index is 687. The third-order valence-corrected chi connectivity index (χ3v) is 4.20. The Hall–Kier alpha value is -1.97. The second kappa shape index (κ2) is 7.29. The van der Waals surface area contributed by atoms with Gasteiger partial charge < -0.3 is 9.47 Å². The van der Waals surface area contributed by atoms with Crippen molar-refractivity contribution in [2.24, 2.45) is 13.0 Å². The molecule has 0 radical (unpaired) electrons. The van der Waals surface area contributed by atoms with Crippen molar-refractivity contribution in [2.75, 3.05) is 13.7 Å². The largest absolute Gasteiger partial charge is 0.493 e. The molecule has 0 spiro atoms. The van der Waals surface area contributed by atoms with Crippen molar-refractivity contribution in [1.29, 1.82) is 0 Å². The number of aromatic nitrogens is 2. The lowest BCUT2D eigenvalue weighted by Crippen LogP contribution is -2.26. The predicted molar refractivity (Wildman–Crippen MR) is 98.0 cm³/mol. The van der Waals surface area contributed by atoms with Gasteiger partial charge in [-0.15, -0.1) is 0 Å². The molecule has 24 heavy (non-hydrogen) atoms. The maximum Gasteiger partial charge on any atom is 0.161 e. The highest BCUT2D eigenvalue weighted by Crippen LogP contribution is 2.32. The summed E-state index contributed by atoms with van der Waals surface area (Å²) in [7, 11) is 3.64. The Morgan fingerprint density at radius 2 is 1.92 bits per heavy atom. The van der Waals surface area contributed by atoms with Gasteiger partial charge in [0.1, 0.15) is 0 Å². The summed E-state index contributed by atoms with van der Waals surface area (Å²) >= 11 is 0. The number of hydrogen-bond acceptors (Lipinski definition) is 3. The molecular weight excluding hydrogens is 300 g/mol. The highest BCUT2D eigenvalue weighted by Gasteiger charge is 2.26. The molecule has 0 unspecified atom stereocenters. The monoisotopic (exact) mass is 330 g/mol. The van der Waals surface area contributed by atoms with Crippen LogP contribution in [0.1, 0.15) is 44.5 Å². The second-order valence-electron chi connectivity index (χ2n) is 7.56. The first-order valence-electron chi connectivity index (χ1n) is 8.53. The van der Waals surface area contributed by atoms with Crippen LogP contribution in [0.3, 0.4) is 0 Å². The lowest BCUT2D eigenvalue weighted by atomic mass is 9.86. The van der Waals surface area contributed by atoms with Crippen LogP contribution in [-0.4, -0.2) is 23.5 Å². The zero-order valence-electron chi connectivity index (χ0n) is 16.0. The first kappa shape index (κ1) is 18.4. The number of benzene rings is 1. The van der Waals surface area contributed by atoms with Gasteiger partial charge in [0.15, 0.2) is 11.5 Å². The molecule has 2 rings (SSSR count). The van der Waals surface area contributed by atoms with E-state index in [1.807, 2.05) is 24.7 Å². The molecule has 0 amide bonds. The van der Waals surface area contributed by atoms with E-state index in [0.717, 1.165) is 23.6 Å². The molecule has 0 bridgehead atoms. The zero-order chi connectivity index (χ0) is 17.9. The van der Waals surface area contributed by atoms with Crippen LogP contribution in [0, 0.1) is 12.8 Å². The molecule has 1 aromatic heterocycles. The van der Waals surface area contributed by atoms with Gasteiger partial charge in [0.2, 0.25) is 0 Å². The number of rotatable bonds is 7. The average Bonchev–Trinajstić information content (AvgIpc) is 2.84. The normalized spacial score (nSPS) is 11.8. The minimum absolute atomic E-state index is 0.125. The van der Waals surface area contributed by atoms with Crippen molar-refractivity contribution >= 4 is 0 Å². The Morgan fingerprint density at radius 3 is 2.46 bits per heavy atom. The van der Waals surface area contributed by atoms with Crippen LogP contribution in [0.15, 0.2) is 24.4 Å². The molecule has 0 saturated carbocycles. The van der Waals surface area contributed by atoms with E-state index in [1.165, 1.54) is 11.1 Å². The van der Waals surface area contributed by atoms with Gasteiger partial charge >= 0.3 is 0 Å². The van der Waals surface area contributed by atoms with Gasteiger partial charge in [0, 0.05) is 24.2 Å². The molecule has 132 valence electrons. The van der Waals surface area contributed by atoms with Gasteiger partial charge in [0.25, 0.3) is 0 Å². The molecule has 1 aromatic carbocycles. The maximum atomic E-state index is 6.11. The molecule has 2 aromatic rings. The molecule has 1 heterocycles. The number of ether oxygens (including phenoxy) is 2. The third kappa shape index (κ3) is 4.31. The van der Waals surface area contributed by atoms with E-state index in [0.29, 0.717) is 12.5 Å². The van der Waals surface area contributed by atoms with Crippen LogP contribution >= 0.6 is 0 Å². The van der Waals surface area contributed by atoms with E-state index in [-0.39, 0.29) is 5.41 Å². The van der Waals surface area contributed by atoms with Crippen molar-refractivity contribution in [1.82, 2.24) is 9.78 Å². The molecule has 0 saturated heterocycles. The predicted octanol–water partition coefficient (Wildman–Crippen LogP) is 4.29. The lowest BCUT2D eigenvalue weighted by Gasteiger charge is -2.25. The lowest BCUT2D eigenvalue weighted by molar-refractivity contribution is 0.230. The summed E-state index contributed by atoms with van der Waals surface area (Å²) in [6, 6.07) is 6.22. The van der Waals surface area contributed by atoms with E-state index in [1.54, 1.807) is 7.11 Å². The van der Waals surface area contributed by atoms with E-state index in [9.17, 15) is 0 Å². The van der Waals surface area contributed by atoms with E-state index in [4.69, 9.17) is 9.47 Å². The van der Waals surface area contributed by atoms with Crippen molar-refractivity contribution < 1.29 is 9.47 Å². The molecule has 4 nitrogen and oxygen atoms in total. The van der Waals surface area contributed by atoms with Crippen LogP contribution in [0.25, 0.3) is 0 Å². The third-order valence-electron chi connectivity index (χ3n) is 4.20. The fraction of sp³-hybridized carbons (Fsp3) is 0.550. The van der Waals surface area contributed by atoms with E-state index < -0.39 is 0 Å². The van der Waals surface area contributed by atoms with Gasteiger partial charge in [-0.1, -0.05) is 33.8 Å². The van der Waals surface area contributed by atoms with Gasteiger partial charge in [-0.3, -0.25) is 4.68 Å². The Kier molecular flexibility index (Phi) is 5.58. The maximum absolute atomic E-state index is 6.11. The fourth-order valence-corrected chi connectivity index (χ4v) is 3.03.